The molecule has 2 nitrogen and oxygen atoms in total. The second-order valence-electron chi connectivity index (χ2n) is 5.27. The molecular weight excluding hydrogens is 236 g/mol. The molecule has 0 saturated carbocycles. The zero-order valence-electron chi connectivity index (χ0n) is 12.3. The predicted octanol–water partition coefficient (Wildman–Crippen LogP) is 4.28. The number of benzene rings is 1. The normalized spacial score (nSPS) is 10.5. The molecule has 19 heavy (non-hydrogen) atoms. The Bertz CT molecular complexity index is 447. The van der Waals surface area contributed by atoms with Crippen LogP contribution in [0.1, 0.15) is 67.4 Å². The zero-order valence-corrected chi connectivity index (χ0v) is 12.3. The van der Waals surface area contributed by atoms with Gasteiger partial charge < -0.3 is 0 Å². The number of hydrogen-bond acceptors (Lipinski definition) is 2. The highest BCUT2D eigenvalue weighted by atomic mass is 16.1. The quantitative estimate of drug-likeness (QED) is 0.397. The van der Waals surface area contributed by atoms with E-state index in [0.717, 1.165) is 24.0 Å². The summed E-state index contributed by atoms with van der Waals surface area (Å²) in [6, 6.07) is 5.90. The average molecular weight is 260 g/mol. The van der Waals surface area contributed by atoms with Gasteiger partial charge in [0.05, 0.1) is 6.42 Å². The molecule has 0 N–H and O–H groups in total. The second-order valence-corrected chi connectivity index (χ2v) is 5.27. The van der Waals surface area contributed by atoms with E-state index in [1.807, 2.05) is 19.1 Å². The number of rotatable bonds is 8. The number of hydrogen-bond donors (Lipinski definition) is 0. The first-order chi connectivity index (χ1) is 9.04. The van der Waals surface area contributed by atoms with E-state index in [2.05, 4.69) is 13.0 Å². The number of ketones is 2. The van der Waals surface area contributed by atoms with Crippen molar-refractivity contribution in [2.45, 2.75) is 59.3 Å². The lowest BCUT2D eigenvalue weighted by atomic mass is 9.94. The van der Waals surface area contributed by atoms with Gasteiger partial charge >= 0.3 is 0 Å². The minimum atomic E-state index is -0.0671. The molecular formula is C17H24O2. The molecule has 104 valence electrons. The van der Waals surface area contributed by atoms with E-state index < -0.39 is 0 Å². The molecule has 0 atom stereocenters. The molecule has 0 aromatic heterocycles. The van der Waals surface area contributed by atoms with E-state index in [1.54, 1.807) is 0 Å². The van der Waals surface area contributed by atoms with E-state index in [1.165, 1.54) is 31.7 Å². The van der Waals surface area contributed by atoms with Crippen LogP contribution in [0.15, 0.2) is 18.2 Å². The highest BCUT2D eigenvalue weighted by molar-refractivity contribution is 6.08. The van der Waals surface area contributed by atoms with Gasteiger partial charge in [-0.25, -0.2) is 0 Å². The van der Waals surface area contributed by atoms with Crippen molar-refractivity contribution in [1.82, 2.24) is 0 Å². The summed E-state index contributed by atoms with van der Waals surface area (Å²) < 4.78 is 0. The van der Waals surface area contributed by atoms with Crippen LogP contribution in [-0.4, -0.2) is 11.6 Å². The Morgan fingerprint density at radius 2 is 1.84 bits per heavy atom. The van der Waals surface area contributed by atoms with Crippen LogP contribution in [0.25, 0.3) is 0 Å². The Balaban J connectivity index is 2.79. The van der Waals surface area contributed by atoms with Crippen LogP contribution in [0.5, 0.6) is 0 Å². The summed E-state index contributed by atoms with van der Waals surface area (Å²) in [7, 11) is 0. The van der Waals surface area contributed by atoms with Gasteiger partial charge in [0.15, 0.2) is 5.78 Å². The van der Waals surface area contributed by atoms with Gasteiger partial charge in [0.25, 0.3) is 0 Å². The molecule has 0 aliphatic carbocycles. The van der Waals surface area contributed by atoms with Crippen molar-refractivity contribution < 1.29 is 9.59 Å². The van der Waals surface area contributed by atoms with Crippen molar-refractivity contribution in [3.8, 4) is 0 Å². The molecule has 0 aliphatic rings. The Morgan fingerprint density at radius 3 is 2.47 bits per heavy atom. The van der Waals surface area contributed by atoms with Crippen molar-refractivity contribution in [3.05, 3.63) is 34.9 Å². The topological polar surface area (TPSA) is 34.1 Å². The lowest BCUT2D eigenvalue weighted by molar-refractivity contribution is -0.116. The Kier molecular flexibility index (Phi) is 6.48. The number of aryl methyl sites for hydroxylation is 2. The predicted molar refractivity (Wildman–Crippen MR) is 78.7 cm³/mol. The van der Waals surface area contributed by atoms with Crippen molar-refractivity contribution in [3.63, 3.8) is 0 Å². The molecule has 1 aromatic rings. The molecule has 0 aliphatic heterocycles. The second kappa shape index (κ2) is 7.88. The van der Waals surface area contributed by atoms with Gasteiger partial charge in [0.1, 0.15) is 5.78 Å². The Morgan fingerprint density at radius 1 is 1.11 bits per heavy atom. The smallest absolute Gasteiger partial charge is 0.170 e. The van der Waals surface area contributed by atoms with Gasteiger partial charge in [-0.05, 0) is 32.3 Å². The lowest BCUT2D eigenvalue weighted by Gasteiger charge is -2.09. The van der Waals surface area contributed by atoms with Gasteiger partial charge in [-0.15, -0.1) is 0 Å². The van der Waals surface area contributed by atoms with Crippen molar-refractivity contribution in [1.29, 1.82) is 0 Å². The van der Waals surface area contributed by atoms with Crippen molar-refractivity contribution in [2.75, 3.05) is 0 Å². The van der Waals surface area contributed by atoms with Crippen molar-refractivity contribution >= 4 is 11.6 Å². The maximum Gasteiger partial charge on any atom is 0.170 e. The van der Waals surface area contributed by atoms with E-state index in [0.29, 0.717) is 0 Å². The van der Waals surface area contributed by atoms with Crippen LogP contribution in [-0.2, 0) is 11.2 Å². The fraction of sp³-hybridized carbons (Fsp3) is 0.529. The number of Topliss-reactive ketones (excluding diaryl/α,β-unsaturated/α-hetero) is 2. The Hall–Kier alpha value is -1.44. The molecule has 0 fully saturated rings. The molecule has 0 unspecified atom stereocenters. The molecule has 0 heterocycles. The highest BCUT2D eigenvalue weighted by Gasteiger charge is 2.13. The third-order valence-electron chi connectivity index (χ3n) is 3.27. The summed E-state index contributed by atoms with van der Waals surface area (Å²) in [5.41, 5.74) is 3.00. The molecule has 0 spiro atoms. The molecule has 0 bridgehead atoms. The maximum absolute atomic E-state index is 12.1. The first kappa shape index (κ1) is 15.6. The first-order valence-electron chi connectivity index (χ1n) is 7.16. The minimum absolute atomic E-state index is 0.0189. The summed E-state index contributed by atoms with van der Waals surface area (Å²) in [6.07, 6.45) is 5.71. The molecule has 0 amide bonds. The molecule has 1 aromatic carbocycles. The van der Waals surface area contributed by atoms with E-state index >= 15 is 0 Å². The first-order valence-corrected chi connectivity index (χ1v) is 7.16. The van der Waals surface area contributed by atoms with E-state index in [4.69, 9.17) is 0 Å². The van der Waals surface area contributed by atoms with E-state index in [9.17, 15) is 9.59 Å². The number of carbonyl (C=O) groups excluding carboxylic acids is 2. The van der Waals surface area contributed by atoms with Gasteiger partial charge in [-0.2, -0.15) is 0 Å². The van der Waals surface area contributed by atoms with Gasteiger partial charge in [-0.3, -0.25) is 9.59 Å². The van der Waals surface area contributed by atoms with Gasteiger partial charge in [0, 0.05) is 5.56 Å². The Labute approximate surface area is 116 Å². The zero-order chi connectivity index (χ0) is 14.3. The molecule has 0 saturated heterocycles. The fourth-order valence-electron chi connectivity index (χ4n) is 2.26. The van der Waals surface area contributed by atoms with Crippen LogP contribution in [0.4, 0.5) is 0 Å². The summed E-state index contributed by atoms with van der Waals surface area (Å²) in [4.78, 5) is 23.1. The van der Waals surface area contributed by atoms with Crippen LogP contribution in [0.2, 0.25) is 0 Å². The summed E-state index contributed by atoms with van der Waals surface area (Å²) in [5.74, 6) is -0.111. The molecule has 1 rings (SSSR count). The summed E-state index contributed by atoms with van der Waals surface area (Å²) >= 11 is 0. The number of carbonyl (C=O) groups is 2. The standard InChI is InChI=1S/C17H24O2/c1-4-5-6-7-8-15-11-13(2)9-10-16(15)17(19)12-14(3)18/h9-11H,4-8,12H2,1-3H3. The van der Waals surface area contributed by atoms with Crippen LogP contribution < -0.4 is 0 Å². The van der Waals surface area contributed by atoms with Gasteiger partial charge in [0.2, 0.25) is 0 Å². The third kappa shape index (κ3) is 5.37. The van der Waals surface area contributed by atoms with Crippen LogP contribution in [0, 0.1) is 6.92 Å². The average Bonchev–Trinajstić information content (AvgIpc) is 2.34. The minimum Gasteiger partial charge on any atom is -0.300 e. The third-order valence-corrected chi connectivity index (χ3v) is 3.27. The highest BCUT2D eigenvalue weighted by Crippen LogP contribution is 2.17. The largest absolute Gasteiger partial charge is 0.300 e. The van der Waals surface area contributed by atoms with Gasteiger partial charge in [-0.1, -0.05) is 49.9 Å². The monoisotopic (exact) mass is 260 g/mol. The molecule has 2 heteroatoms. The van der Waals surface area contributed by atoms with Crippen molar-refractivity contribution in [2.24, 2.45) is 0 Å². The lowest BCUT2D eigenvalue weighted by Crippen LogP contribution is -2.08. The fourth-order valence-corrected chi connectivity index (χ4v) is 2.26. The molecule has 0 radical (unpaired) electrons. The summed E-state index contributed by atoms with van der Waals surface area (Å²) in [5, 5.41) is 0. The summed E-state index contributed by atoms with van der Waals surface area (Å²) in [6.45, 7) is 5.69. The van der Waals surface area contributed by atoms with E-state index in [-0.39, 0.29) is 18.0 Å². The van der Waals surface area contributed by atoms with Crippen LogP contribution in [0.3, 0.4) is 0 Å². The van der Waals surface area contributed by atoms with Crippen LogP contribution >= 0.6 is 0 Å². The SMILES string of the molecule is CCCCCCc1cc(C)ccc1C(=O)CC(C)=O. The number of unbranched alkanes of at least 4 members (excludes halogenated alkanes) is 3. The maximum atomic E-state index is 12.1.